The zero-order valence-electron chi connectivity index (χ0n) is 10.7. The summed E-state index contributed by atoms with van der Waals surface area (Å²) >= 11 is 0. The number of carbonyl (C=O) groups excluding carboxylic acids is 1. The van der Waals surface area contributed by atoms with Gasteiger partial charge >= 0.3 is 0 Å². The van der Waals surface area contributed by atoms with Crippen LogP contribution in [0.5, 0.6) is 0 Å². The van der Waals surface area contributed by atoms with Crippen LogP contribution in [0.25, 0.3) is 0 Å². The van der Waals surface area contributed by atoms with Crippen molar-refractivity contribution in [2.24, 2.45) is 5.92 Å². The van der Waals surface area contributed by atoms with Crippen molar-refractivity contribution >= 4 is 5.91 Å². The van der Waals surface area contributed by atoms with E-state index in [1.165, 1.54) is 12.8 Å². The highest BCUT2D eigenvalue weighted by Crippen LogP contribution is 2.15. The molecule has 1 heterocycles. The Balaban J connectivity index is 2.07. The lowest BCUT2D eigenvalue weighted by molar-refractivity contribution is -0.120. The molecule has 17 heavy (non-hydrogen) atoms. The van der Waals surface area contributed by atoms with E-state index in [9.17, 15) is 4.79 Å². The Bertz CT molecular complexity index is 264. The monoisotopic (exact) mass is 237 g/mol. The molecule has 2 N–H and O–H groups in total. The minimum atomic E-state index is 0.0400. The largest absolute Gasteiger partial charge is 0.355 e. The van der Waals surface area contributed by atoms with E-state index in [0.717, 1.165) is 26.2 Å². The second-order valence-electron chi connectivity index (χ2n) is 4.49. The maximum atomic E-state index is 11.4. The zero-order valence-corrected chi connectivity index (χ0v) is 10.7. The standard InChI is InChI=1S/C13H23N3O/c1-3-7-14-11-13(17)15-10-12-5-8-16(4-2)9-6-12/h1,12,14H,4-11H2,2H3,(H,15,17). The van der Waals surface area contributed by atoms with Gasteiger partial charge in [0, 0.05) is 6.54 Å². The van der Waals surface area contributed by atoms with Gasteiger partial charge in [0.05, 0.1) is 13.1 Å². The fraction of sp³-hybridized carbons (Fsp3) is 0.769. The third-order valence-electron chi connectivity index (χ3n) is 3.25. The maximum Gasteiger partial charge on any atom is 0.233 e. The van der Waals surface area contributed by atoms with Crippen LogP contribution in [0.3, 0.4) is 0 Å². The third-order valence-corrected chi connectivity index (χ3v) is 3.25. The number of piperidine rings is 1. The topological polar surface area (TPSA) is 44.4 Å². The molecule has 0 atom stereocenters. The summed E-state index contributed by atoms with van der Waals surface area (Å²) in [6.45, 7) is 7.21. The molecule has 0 unspecified atom stereocenters. The molecule has 0 bridgehead atoms. The average molecular weight is 237 g/mol. The lowest BCUT2D eigenvalue weighted by Crippen LogP contribution is -2.40. The molecule has 1 saturated heterocycles. The first-order valence-electron chi connectivity index (χ1n) is 6.39. The summed E-state index contributed by atoms with van der Waals surface area (Å²) in [5.41, 5.74) is 0. The Morgan fingerprint density at radius 3 is 2.76 bits per heavy atom. The molecule has 96 valence electrons. The van der Waals surface area contributed by atoms with Crippen LogP contribution in [0.1, 0.15) is 19.8 Å². The number of terminal acetylenes is 1. The summed E-state index contributed by atoms with van der Waals surface area (Å²) in [4.78, 5) is 13.9. The van der Waals surface area contributed by atoms with E-state index in [1.54, 1.807) is 0 Å². The minimum Gasteiger partial charge on any atom is -0.355 e. The molecule has 0 saturated carbocycles. The van der Waals surface area contributed by atoms with Gasteiger partial charge in [-0.1, -0.05) is 12.8 Å². The van der Waals surface area contributed by atoms with Crippen LogP contribution in [-0.2, 0) is 4.79 Å². The molecular formula is C13H23N3O. The van der Waals surface area contributed by atoms with Crippen molar-refractivity contribution < 1.29 is 4.79 Å². The zero-order chi connectivity index (χ0) is 12.5. The highest BCUT2D eigenvalue weighted by molar-refractivity contribution is 5.77. The molecule has 0 aromatic carbocycles. The molecule has 1 fully saturated rings. The van der Waals surface area contributed by atoms with Gasteiger partial charge in [-0.05, 0) is 38.4 Å². The average Bonchev–Trinajstić information content (AvgIpc) is 2.37. The minimum absolute atomic E-state index is 0.0400. The van der Waals surface area contributed by atoms with Crippen LogP contribution >= 0.6 is 0 Å². The van der Waals surface area contributed by atoms with E-state index in [0.29, 0.717) is 19.0 Å². The molecule has 4 heteroatoms. The van der Waals surface area contributed by atoms with Crippen LogP contribution in [0.2, 0.25) is 0 Å². The number of nitrogens with one attached hydrogen (secondary N) is 2. The lowest BCUT2D eigenvalue weighted by atomic mass is 9.97. The van der Waals surface area contributed by atoms with E-state index >= 15 is 0 Å². The molecule has 0 aliphatic carbocycles. The van der Waals surface area contributed by atoms with Crippen molar-refractivity contribution in [1.82, 2.24) is 15.5 Å². The number of likely N-dealkylation sites (tertiary alicyclic amines) is 1. The Labute approximate surface area is 104 Å². The van der Waals surface area contributed by atoms with Crippen molar-refractivity contribution in [3.63, 3.8) is 0 Å². The van der Waals surface area contributed by atoms with Gasteiger partial charge in [-0.25, -0.2) is 0 Å². The van der Waals surface area contributed by atoms with Crippen molar-refractivity contribution in [1.29, 1.82) is 0 Å². The second kappa shape index (κ2) is 8.10. The van der Waals surface area contributed by atoms with Crippen molar-refractivity contribution in [3.8, 4) is 12.3 Å². The van der Waals surface area contributed by atoms with E-state index in [2.05, 4.69) is 28.4 Å². The SMILES string of the molecule is C#CCNCC(=O)NCC1CCN(CC)CC1. The van der Waals surface area contributed by atoms with Crippen molar-refractivity contribution in [3.05, 3.63) is 0 Å². The quantitative estimate of drug-likeness (QED) is 0.507. The van der Waals surface area contributed by atoms with Crippen molar-refractivity contribution in [2.75, 3.05) is 39.3 Å². The molecule has 4 nitrogen and oxygen atoms in total. The number of hydrogen-bond donors (Lipinski definition) is 2. The van der Waals surface area contributed by atoms with Gasteiger partial charge in [-0.3, -0.25) is 10.1 Å². The number of carbonyl (C=O) groups is 1. The first-order chi connectivity index (χ1) is 8.26. The summed E-state index contributed by atoms with van der Waals surface area (Å²) in [5.74, 6) is 3.12. The van der Waals surface area contributed by atoms with Gasteiger partial charge in [0.2, 0.25) is 5.91 Å². The summed E-state index contributed by atoms with van der Waals surface area (Å²) < 4.78 is 0. The predicted octanol–water partition coefficient (Wildman–Crippen LogP) is 0.0573. The first-order valence-corrected chi connectivity index (χ1v) is 6.39. The summed E-state index contributed by atoms with van der Waals surface area (Å²) in [5, 5.41) is 5.84. The number of rotatable bonds is 6. The fourth-order valence-corrected chi connectivity index (χ4v) is 2.08. The van der Waals surface area contributed by atoms with Crippen LogP contribution < -0.4 is 10.6 Å². The van der Waals surface area contributed by atoms with Crippen LogP contribution in [0.4, 0.5) is 0 Å². The van der Waals surface area contributed by atoms with Gasteiger partial charge in [0.1, 0.15) is 0 Å². The summed E-state index contributed by atoms with van der Waals surface area (Å²) in [6.07, 6.45) is 7.46. The van der Waals surface area contributed by atoms with E-state index in [-0.39, 0.29) is 5.91 Å². The second-order valence-corrected chi connectivity index (χ2v) is 4.49. The maximum absolute atomic E-state index is 11.4. The highest BCUT2D eigenvalue weighted by atomic mass is 16.1. The molecule has 0 radical (unpaired) electrons. The molecule has 0 aromatic heterocycles. The summed E-state index contributed by atoms with van der Waals surface area (Å²) in [6, 6.07) is 0. The number of hydrogen-bond acceptors (Lipinski definition) is 3. The number of amides is 1. The van der Waals surface area contributed by atoms with Gasteiger partial charge in [-0.2, -0.15) is 0 Å². The normalized spacial score (nSPS) is 17.6. The van der Waals surface area contributed by atoms with E-state index < -0.39 is 0 Å². The van der Waals surface area contributed by atoms with E-state index in [4.69, 9.17) is 6.42 Å². The van der Waals surface area contributed by atoms with Gasteiger partial charge in [0.15, 0.2) is 0 Å². The van der Waals surface area contributed by atoms with Crippen LogP contribution in [0, 0.1) is 18.3 Å². The highest BCUT2D eigenvalue weighted by Gasteiger charge is 2.18. The first kappa shape index (κ1) is 14.0. The Morgan fingerprint density at radius 2 is 2.18 bits per heavy atom. The molecule has 0 aromatic rings. The Morgan fingerprint density at radius 1 is 1.47 bits per heavy atom. The molecule has 1 rings (SSSR count). The Hall–Kier alpha value is -1.05. The van der Waals surface area contributed by atoms with Gasteiger partial charge in [0.25, 0.3) is 0 Å². The fourth-order valence-electron chi connectivity index (χ4n) is 2.08. The predicted molar refractivity (Wildman–Crippen MR) is 69.6 cm³/mol. The summed E-state index contributed by atoms with van der Waals surface area (Å²) in [7, 11) is 0. The van der Waals surface area contributed by atoms with Crippen LogP contribution in [0.15, 0.2) is 0 Å². The molecule has 1 amide bonds. The molecule has 1 aliphatic rings. The lowest BCUT2D eigenvalue weighted by Gasteiger charge is -2.31. The van der Waals surface area contributed by atoms with Gasteiger partial charge < -0.3 is 10.2 Å². The van der Waals surface area contributed by atoms with Gasteiger partial charge in [-0.15, -0.1) is 6.42 Å². The third kappa shape index (κ3) is 5.71. The number of nitrogens with zero attached hydrogens (tertiary/aromatic N) is 1. The Kier molecular flexibility index (Phi) is 6.68. The van der Waals surface area contributed by atoms with Crippen molar-refractivity contribution in [2.45, 2.75) is 19.8 Å². The smallest absolute Gasteiger partial charge is 0.233 e. The molecular weight excluding hydrogens is 214 g/mol. The van der Waals surface area contributed by atoms with E-state index in [1.807, 2.05) is 0 Å². The molecule has 1 aliphatic heterocycles. The molecule has 0 spiro atoms. The van der Waals surface area contributed by atoms with Crippen LogP contribution in [-0.4, -0.2) is 50.1 Å².